The summed E-state index contributed by atoms with van der Waals surface area (Å²) in [6.07, 6.45) is 1.76. The van der Waals surface area contributed by atoms with Crippen LogP contribution in [0.2, 0.25) is 0 Å². The fourth-order valence-electron chi connectivity index (χ4n) is 3.18. The molecule has 3 rings (SSSR count). The normalized spacial score (nSPS) is 18.1. The van der Waals surface area contributed by atoms with Crippen LogP contribution in [0.25, 0.3) is 0 Å². The molecule has 1 amide bonds. The van der Waals surface area contributed by atoms with Crippen molar-refractivity contribution in [2.45, 2.75) is 43.4 Å². The van der Waals surface area contributed by atoms with Crippen LogP contribution in [-0.4, -0.2) is 60.9 Å². The highest BCUT2D eigenvalue weighted by molar-refractivity contribution is 7.89. The summed E-state index contributed by atoms with van der Waals surface area (Å²) in [6.45, 7) is 5.16. The number of carbonyl (C=O) groups is 1. The van der Waals surface area contributed by atoms with Crippen LogP contribution in [0.15, 0.2) is 33.7 Å². The summed E-state index contributed by atoms with van der Waals surface area (Å²) in [5.41, 5.74) is 0.467. The van der Waals surface area contributed by atoms with E-state index in [2.05, 4.69) is 10.1 Å². The second-order valence-corrected chi connectivity index (χ2v) is 9.70. The third-order valence-electron chi connectivity index (χ3n) is 4.90. The second-order valence-electron chi connectivity index (χ2n) is 7.55. The Morgan fingerprint density at radius 1 is 1.25 bits per heavy atom. The van der Waals surface area contributed by atoms with Gasteiger partial charge in [0.2, 0.25) is 15.9 Å². The van der Waals surface area contributed by atoms with Gasteiger partial charge in [0, 0.05) is 44.6 Å². The molecule has 1 aliphatic rings. The molecule has 0 spiro atoms. The zero-order valence-corrected chi connectivity index (χ0v) is 17.4. The zero-order valence-electron chi connectivity index (χ0n) is 16.6. The Bertz CT molecular complexity index is 935. The Morgan fingerprint density at radius 2 is 1.93 bits per heavy atom. The minimum atomic E-state index is -3.51. The molecule has 0 radical (unpaired) electrons. The van der Waals surface area contributed by atoms with Gasteiger partial charge in [0.1, 0.15) is 0 Å². The van der Waals surface area contributed by atoms with Crippen LogP contribution in [0.3, 0.4) is 0 Å². The summed E-state index contributed by atoms with van der Waals surface area (Å²) in [6, 6.07) is 6.07. The van der Waals surface area contributed by atoms with Gasteiger partial charge in [-0.3, -0.25) is 4.79 Å². The van der Waals surface area contributed by atoms with E-state index in [1.165, 1.54) is 26.2 Å². The highest BCUT2D eigenvalue weighted by Gasteiger charge is 2.29. The maximum absolute atomic E-state index is 12.9. The van der Waals surface area contributed by atoms with Gasteiger partial charge in [-0.25, -0.2) is 12.7 Å². The van der Waals surface area contributed by atoms with Gasteiger partial charge in [0.05, 0.1) is 4.90 Å². The maximum Gasteiger partial charge on any atom is 0.253 e. The number of hydrogen-bond donors (Lipinski definition) is 0. The second kappa shape index (κ2) is 8.00. The van der Waals surface area contributed by atoms with Crippen molar-refractivity contribution in [1.82, 2.24) is 19.3 Å². The van der Waals surface area contributed by atoms with Crippen LogP contribution in [0, 0.1) is 0 Å². The van der Waals surface area contributed by atoms with Crippen molar-refractivity contribution >= 4 is 15.9 Å². The predicted octanol–water partition coefficient (Wildman–Crippen LogP) is 2.46. The molecule has 9 heteroatoms. The summed E-state index contributed by atoms with van der Waals surface area (Å²) in [5, 5.41) is 4.09. The Morgan fingerprint density at radius 3 is 2.50 bits per heavy atom. The van der Waals surface area contributed by atoms with E-state index < -0.39 is 10.0 Å². The van der Waals surface area contributed by atoms with E-state index >= 15 is 0 Å². The Balaban J connectivity index is 1.73. The number of amides is 1. The van der Waals surface area contributed by atoms with Gasteiger partial charge in [0.25, 0.3) is 5.91 Å². The summed E-state index contributed by atoms with van der Waals surface area (Å²) < 4.78 is 30.8. The molecule has 28 heavy (non-hydrogen) atoms. The highest BCUT2D eigenvalue weighted by atomic mass is 32.2. The van der Waals surface area contributed by atoms with Crippen molar-refractivity contribution in [3.05, 3.63) is 41.5 Å². The minimum Gasteiger partial charge on any atom is -0.339 e. The van der Waals surface area contributed by atoms with Crippen molar-refractivity contribution in [3.63, 3.8) is 0 Å². The van der Waals surface area contributed by atoms with Gasteiger partial charge < -0.3 is 9.42 Å². The zero-order chi connectivity index (χ0) is 20.5. The van der Waals surface area contributed by atoms with Crippen LogP contribution in [0.1, 0.15) is 60.6 Å². The van der Waals surface area contributed by atoms with E-state index in [0.717, 1.165) is 17.1 Å². The molecule has 1 unspecified atom stereocenters. The van der Waals surface area contributed by atoms with Crippen LogP contribution >= 0.6 is 0 Å². The van der Waals surface area contributed by atoms with E-state index in [1.54, 1.807) is 17.0 Å². The Labute approximate surface area is 165 Å². The number of rotatable bonds is 5. The Kier molecular flexibility index (Phi) is 5.85. The molecule has 0 N–H and O–H groups in total. The van der Waals surface area contributed by atoms with E-state index in [4.69, 9.17) is 4.52 Å². The third kappa shape index (κ3) is 4.10. The van der Waals surface area contributed by atoms with Crippen molar-refractivity contribution in [1.29, 1.82) is 0 Å². The lowest BCUT2D eigenvalue weighted by Gasteiger charge is -2.31. The molecule has 0 aliphatic carbocycles. The summed E-state index contributed by atoms with van der Waals surface area (Å²) in [4.78, 5) is 19.3. The van der Waals surface area contributed by atoms with Gasteiger partial charge >= 0.3 is 0 Å². The summed E-state index contributed by atoms with van der Waals surface area (Å²) >= 11 is 0. The molecule has 8 nitrogen and oxygen atoms in total. The monoisotopic (exact) mass is 406 g/mol. The molecule has 1 fully saturated rings. The predicted molar refractivity (Wildman–Crippen MR) is 104 cm³/mol. The molecule has 1 aromatic heterocycles. The number of likely N-dealkylation sites (tertiary alicyclic amines) is 1. The Hall–Kier alpha value is -2.26. The molecule has 1 atom stereocenters. The fraction of sp³-hybridized carbons (Fsp3) is 0.526. The standard InChI is InChI=1S/C19H26N4O4S/c1-13(2)18-20-17(21-27-18)15-6-5-11-23(12-15)19(24)14-7-9-16(10-8-14)28(25,26)22(3)4/h7-10,13,15H,5-6,11-12H2,1-4H3. The maximum atomic E-state index is 12.9. The van der Waals surface area contributed by atoms with E-state index in [-0.39, 0.29) is 22.6 Å². The first kappa shape index (κ1) is 20.5. The topological polar surface area (TPSA) is 96.6 Å². The van der Waals surface area contributed by atoms with Crippen LogP contribution in [0.4, 0.5) is 0 Å². The number of sulfonamides is 1. The first-order valence-electron chi connectivity index (χ1n) is 9.35. The number of aromatic nitrogens is 2. The number of benzene rings is 1. The molecule has 0 saturated carbocycles. The molecule has 1 aromatic carbocycles. The van der Waals surface area contributed by atoms with Crippen molar-refractivity contribution in [2.24, 2.45) is 0 Å². The number of piperidine rings is 1. The van der Waals surface area contributed by atoms with Crippen LogP contribution < -0.4 is 0 Å². The summed E-state index contributed by atoms with van der Waals surface area (Å²) in [7, 11) is -0.558. The molecule has 2 heterocycles. The molecule has 2 aromatic rings. The van der Waals surface area contributed by atoms with E-state index in [9.17, 15) is 13.2 Å². The molecular weight excluding hydrogens is 380 g/mol. The first-order valence-corrected chi connectivity index (χ1v) is 10.8. The lowest BCUT2D eigenvalue weighted by atomic mass is 9.96. The van der Waals surface area contributed by atoms with Gasteiger partial charge in [-0.1, -0.05) is 19.0 Å². The molecule has 152 valence electrons. The fourth-order valence-corrected chi connectivity index (χ4v) is 4.08. The number of carbonyl (C=O) groups excluding carboxylic acids is 1. The van der Waals surface area contributed by atoms with Crippen molar-refractivity contribution in [3.8, 4) is 0 Å². The van der Waals surface area contributed by atoms with E-state index in [1.807, 2.05) is 13.8 Å². The highest BCUT2D eigenvalue weighted by Crippen LogP contribution is 2.27. The molecule has 1 saturated heterocycles. The lowest BCUT2D eigenvalue weighted by Crippen LogP contribution is -2.39. The van der Waals surface area contributed by atoms with E-state index in [0.29, 0.717) is 30.4 Å². The van der Waals surface area contributed by atoms with Gasteiger partial charge in [-0.2, -0.15) is 4.98 Å². The first-order chi connectivity index (χ1) is 13.2. The largest absolute Gasteiger partial charge is 0.339 e. The van der Waals surface area contributed by atoms with Crippen molar-refractivity contribution < 1.29 is 17.7 Å². The molecular formula is C19H26N4O4S. The molecule has 0 bridgehead atoms. The number of nitrogens with zero attached hydrogens (tertiary/aromatic N) is 4. The minimum absolute atomic E-state index is 0.0438. The smallest absolute Gasteiger partial charge is 0.253 e. The van der Waals surface area contributed by atoms with Gasteiger partial charge in [-0.15, -0.1) is 0 Å². The third-order valence-corrected chi connectivity index (χ3v) is 6.73. The van der Waals surface area contributed by atoms with Gasteiger partial charge in [0.15, 0.2) is 5.82 Å². The summed E-state index contributed by atoms with van der Waals surface area (Å²) in [5.74, 6) is 1.35. The van der Waals surface area contributed by atoms with Gasteiger partial charge in [-0.05, 0) is 37.1 Å². The van der Waals surface area contributed by atoms with Crippen LogP contribution in [0.5, 0.6) is 0 Å². The molecule has 1 aliphatic heterocycles. The average Bonchev–Trinajstić information content (AvgIpc) is 3.18. The average molecular weight is 407 g/mol. The van der Waals surface area contributed by atoms with Crippen molar-refractivity contribution in [2.75, 3.05) is 27.2 Å². The number of hydrogen-bond acceptors (Lipinski definition) is 6. The van der Waals surface area contributed by atoms with Crippen LogP contribution in [-0.2, 0) is 10.0 Å². The SMILES string of the molecule is CC(C)c1nc(C2CCCN(C(=O)c3ccc(S(=O)(=O)N(C)C)cc3)C2)no1. The lowest BCUT2D eigenvalue weighted by molar-refractivity contribution is 0.0703. The quantitative estimate of drug-likeness (QED) is 0.757.